The monoisotopic (exact) mass is 241 g/mol. The van der Waals surface area contributed by atoms with Crippen LogP contribution in [-0.2, 0) is 0 Å². The van der Waals surface area contributed by atoms with Crippen molar-refractivity contribution in [2.45, 2.75) is 6.92 Å². The van der Waals surface area contributed by atoms with E-state index in [2.05, 4.69) is 0 Å². The first-order valence-electron chi connectivity index (χ1n) is 5.72. The van der Waals surface area contributed by atoms with E-state index in [9.17, 15) is 9.90 Å². The number of carbonyl (C=O) groups is 1. The molecule has 0 heterocycles. The van der Waals surface area contributed by atoms with E-state index in [4.69, 9.17) is 0 Å². The third kappa shape index (κ3) is 2.35. The Hall–Kier alpha value is -2.29. The number of amides is 1. The Bertz CT molecular complexity index is 578. The molecule has 0 aliphatic carbocycles. The third-order valence-corrected chi connectivity index (χ3v) is 2.90. The molecule has 18 heavy (non-hydrogen) atoms. The largest absolute Gasteiger partial charge is 0.508 e. The van der Waals surface area contributed by atoms with Gasteiger partial charge in [-0.1, -0.05) is 24.3 Å². The average Bonchev–Trinajstić information content (AvgIpc) is 2.37. The fraction of sp³-hybridized carbons (Fsp3) is 0.133. The van der Waals surface area contributed by atoms with Gasteiger partial charge in [0.2, 0.25) is 0 Å². The number of aryl methyl sites for hydroxylation is 1. The van der Waals surface area contributed by atoms with Crippen LogP contribution in [0.1, 0.15) is 15.9 Å². The highest BCUT2D eigenvalue weighted by atomic mass is 16.3. The first-order valence-corrected chi connectivity index (χ1v) is 5.72. The Labute approximate surface area is 106 Å². The summed E-state index contributed by atoms with van der Waals surface area (Å²) in [5.41, 5.74) is 2.28. The van der Waals surface area contributed by atoms with Gasteiger partial charge >= 0.3 is 0 Å². The van der Waals surface area contributed by atoms with Crippen LogP contribution < -0.4 is 4.90 Å². The molecule has 3 heteroatoms. The molecule has 0 unspecified atom stereocenters. The van der Waals surface area contributed by atoms with Crippen molar-refractivity contribution in [1.29, 1.82) is 0 Å². The molecule has 1 N–H and O–H groups in total. The summed E-state index contributed by atoms with van der Waals surface area (Å²) >= 11 is 0. The van der Waals surface area contributed by atoms with Crippen LogP contribution in [0.25, 0.3) is 0 Å². The summed E-state index contributed by atoms with van der Waals surface area (Å²) < 4.78 is 0. The van der Waals surface area contributed by atoms with Crippen LogP contribution >= 0.6 is 0 Å². The molecule has 3 nitrogen and oxygen atoms in total. The Morgan fingerprint density at radius 1 is 1.11 bits per heavy atom. The minimum atomic E-state index is -0.0845. The summed E-state index contributed by atoms with van der Waals surface area (Å²) in [6, 6.07) is 14.1. The molecule has 0 spiro atoms. The lowest BCUT2D eigenvalue weighted by Gasteiger charge is -2.18. The number of aromatic hydroxyl groups is 1. The van der Waals surface area contributed by atoms with E-state index < -0.39 is 0 Å². The molecule has 0 aliphatic rings. The lowest BCUT2D eigenvalue weighted by Crippen LogP contribution is -2.26. The maximum absolute atomic E-state index is 12.3. The van der Waals surface area contributed by atoms with Crippen LogP contribution in [0.5, 0.6) is 5.75 Å². The number of nitrogens with zero attached hydrogens (tertiary/aromatic N) is 1. The van der Waals surface area contributed by atoms with E-state index in [1.165, 1.54) is 4.90 Å². The molecule has 2 rings (SSSR count). The van der Waals surface area contributed by atoms with Crippen LogP contribution in [0.2, 0.25) is 0 Å². The molecule has 1 amide bonds. The zero-order chi connectivity index (χ0) is 13.1. The number of phenols is 1. The van der Waals surface area contributed by atoms with Gasteiger partial charge in [0.05, 0.1) is 0 Å². The molecule has 0 saturated carbocycles. The van der Waals surface area contributed by atoms with Gasteiger partial charge in [0.15, 0.2) is 0 Å². The van der Waals surface area contributed by atoms with Gasteiger partial charge in [-0.15, -0.1) is 0 Å². The number of hydrogen-bond acceptors (Lipinski definition) is 2. The molecule has 2 aromatic carbocycles. The number of benzene rings is 2. The molecule has 0 atom stereocenters. The van der Waals surface area contributed by atoms with Gasteiger partial charge in [0.25, 0.3) is 5.91 Å². The standard InChI is InChI=1S/C15H15NO2/c1-11-6-3-4-9-14(11)15(18)16(2)12-7-5-8-13(17)10-12/h3-10,17H,1-2H3. The molecule has 0 bridgehead atoms. The van der Waals surface area contributed by atoms with Gasteiger partial charge in [-0.25, -0.2) is 0 Å². The zero-order valence-corrected chi connectivity index (χ0v) is 10.4. The highest BCUT2D eigenvalue weighted by Gasteiger charge is 2.15. The smallest absolute Gasteiger partial charge is 0.258 e. The first-order chi connectivity index (χ1) is 8.59. The molecule has 2 aromatic rings. The van der Waals surface area contributed by atoms with Crippen LogP contribution in [0.3, 0.4) is 0 Å². The van der Waals surface area contributed by atoms with Gasteiger partial charge in [-0.05, 0) is 30.7 Å². The van der Waals surface area contributed by atoms with Crippen molar-refractivity contribution in [2.24, 2.45) is 0 Å². The highest BCUT2D eigenvalue weighted by molar-refractivity contribution is 6.06. The van der Waals surface area contributed by atoms with Gasteiger partial charge in [0.1, 0.15) is 5.75 Å². The second-order valence-electron chi connectivity index (χ2n) is 4.20. The topological polar surface area (TPSA) is 40.5 Å². The maximum atomic E-state index is 12.3. The second kappa shape index (κ2) is 4.92. The number of hydrogen-bond donors (Lipinski definition) is 1. The lowest BCUT2D eigenvalue weighted by atomic mass is 10.1. The highest BCUT2D eigenvalue weighted by Crippen LogP contribution is 2.21. The number of phenolic OH excluding ortho intramolecular Hbond substituents is 1. The van der Waals surface area contributed by atoms with Crippen molar-refractivity contribution >= 4 is 11.6 Å². The van der Waals surface area contributed by atoms with E-state index in [1.807, 2.05) is 25.1 Å². The quantitative estimate of drug-likeness (QED) is 0.878. The Morgan fingerprint density at radius 3 is 2.50 bits per heavy atom. The molecule has 0 fully saturated rings. The first kappa shape index (κ1) is 12.2. The number of rotatable bonds is 2. The summed E-state index contributed by atoms with van der Waals surface area (Å²) in [6.07, 6.45) is 0. The lowest BCUT2D eigenvalue weighted by molar-refractivity contribution is 0.0992. The average molecular weight is 241 g/mol. The normalized spacial score (nSPS) is 10.1. The molecular formula is C15H15NO2. The van der Waals surface area contributed by atoms with E-state index in [1.54, 1.807) is 37.4 Å². The van der Waals surface area contributed by atoms with Crippen LogP contribution in [0.15, 0.2) is 48.5 Å². The maximum Gasteiger partial charge on any atom is 0.258 e. The van der Waals surface area contributed by atoms with Gasteiger partial charge in [0, 0.05) is 24.4 Å². The summed E-state index contributed by atoms with van der Waals surface area (Å²) in [5, 5.41) is 9.43. The summed E-state index contributed by atoms with van der Waals surface area (Å²) in [4.78, 5) is 13.9. The van der Waals surface area contributed by atoms with Crippen molar-refractivity contribution in [3.8, 4) is 5.75 Å². The van der Waals surface area contributed by atoms with Crippen LogP contribution in [-0.4, -0.2) is 18.1 Å². The minimum Gasteiger partial charge on any atom is -0.508 e. The molecule has 0 radical (unpaired) electrons. The molecule has 0 aliphatic heterocycles. The Balaban J connectivity index is 2.32. The fourth-order valence-corrected chi connectivity index (χ4v) is 1.81. The van der Waals surface area contributed by atoms with Crippen molar-refractivity contribution < 1.29 is 9.90 Å². The zero-order valence-electron chi connectivity index (χ0n) is 10.4. The third-order valence-electron chi connectivity index (χ3n) is 2.90. The molecular weight excluding hydrogens is 226 g/mol. The summed E-state index contributed by atoms with van der Waals surface area (Å²) in [6.45, 7) is 1.91. The van der Waals surface area contributed by atoms with Crippen LogP contribution in [0.4, 0.5) is 5.69 Å². The van der Waals surface area contributed by atoms with E-state index in [0.717, 1.165) is 5.56 Å². The Kier molecular flexibility index (Phi) is 3.33. The molecule has 0 aromatic heterocycles. The number of carbonyl (C=O) groups excluding carboxylic acids is 1. The van der Waals surface area contributed by atoms with E-state index >= 15 is 0 Å². The van der Waals surface area contributed by atoms with Crippen LogP contribution in [0, 0.1) is 6.92 Å². The van der Waals surface area contributed by atoms with Crippen molar-refractivity contribution in [3.63, 3.8) is 0 Å². The molecule has 92 valence electrons. The summed E-state index contributed by atoms with van der Waals surface area (Å²) in [7, 11) is 1.70. The fourth-order valence-electron chi connectivity index (χ4n) is 1.81. The predicted molar refractivity (Wildman–Crippen MR) is 72.0 cm³/mol. The summed E-state index contributed by atoms with van der Waals surface area (Å²) in [5.74, 6) is 0.0654. The van der Waals surface area contributed by atoms with E-state index in [0.29, 0.717) is 11.3 Å². The minimum absolute atomic E-state index is 0.0845. The van der Waals surface area contributed by atoms with Gasteiger partial charge in [-0.3, -0.25) is 4.79 Å². The SMILES string of the molecule is Cc1ccccc1C(=O)N(C)c1cccc(O)c1. The molecule has 0 saturated heterocycles. The van der Waals surface area contributed by atoms with Gasteiger partial charge in [-0.2, -0.15) is 0 Å². The van der Waals surface area contributed by atoms with Crippen molar-refractivity contribution in [3.05, 3.63) is 59.7 Å². The van der Waals surface area contributed by atoms with Crippen molar-refractivity contribution in [1.82, 2.24) is 0 Å². The van der Waals surface area contributed by atoms with E-state index in [-0.39, 0.29) is 11.7 Å². The number of anilines is 1. The van der Waals surface area contributed by atoms with Crippen molar-refractivity contribution in [2.75, 3.05) is 11.9 Å². The predicted octanol–water partition coefficient (Wildman–Crippen LogP) is 2.98. The second-order valence-corrected chi connectivity index (χ2v) is 4.20. The Morgan fingerprint density at radius 2 is 1.83 bits per heavy atom. The van der Waals surface area contributed by atoms with Gasteiger partial charge < -0.3 is 10.0 Å².